The van der Waals surface area contributed by atoms with E-state index in [1.165, 1.54) is 29.2 Å². The zero-order valence-electron chi connectivity index (χ0n) is 11.9. The number of non-ortho nitro benzene ring substituents is 1. The molecule has 1 rings (SSSR count). The van der Waals surface area contributed by atoms with E-state index in [1.807, 2.05) is 0 Å². The lowest BCUT2D eigenvalue weighted by Gasteiger charge is -2.17. The number of urea groups is 1. The predicted molar refractivity (Wildman–Crippen MR) is 76.0 cm³/mol. The number of hydrogen-bond acceptors (Lipinski definition) is 5. The molecule has 114 valence electrons. The summed E-state index contributed by atoms with van der Waals surface area (Å²) >= 11 is 0. The number of carbonyl (C=O) groups excluding carboxylic acids is 2. The Morgan fingerprint density at radius 2 is 1.95 bits per heavy atom. The first kappa shape index (κ1) is 16.4. The second kappa shape index (κ2) is 7.83. The van der Waals surface area contributed by atoms with E-state index in [0.29, 0.717) is 12.3 Å². The molecule has 1 aromatic carbocycles. The van der Waals surface area contributed by atoms with Crippen molar-refractivity contribution in [2.45, 2.75) is 13.3 Å². The third kappa shape index (κ3) is 5.47. The van der Waals surface area contributed by atoms with Crippen molar-refractivity contribution in [1.82, 2.24) is 4.90 Å². The standard InChI is InChI=1S/C13H17N3O5/c1-3-21-12(17)8-9-15(2)13(18)14-10-4-6-11(7-5-10)16(19)20/h4-7H,3,8-9H2,1-2H3,(H,14,18). The van der Waals surface area contributed by atoms with Crippen LogP contribution in [0.4, 0.5) is 16.2 Å². The van der Waals surface area contributed by atoms with E-state index in [2.05, 4.69) is 5.32 Å². The van der Waals surface area contributed by atoms with Gasteiger partial charge in [0, 0.05) is 31.4 Å². The highest BCUT2D eigenvalue weighted by molar-refractivity contribution is 5.89. The van der Waals surface area contributed by atoms with Crippen LogP contribution in [0.15, 0.2) is 24.3 Å². The molecular weight excluding hydrogens is 278 g/mol. The van der Waals surface area contributed by atoms with Crippen LogP contribution in [-0.4, -0.2) is 42.0 Å². The van der Waals surface area contributed by atoms with Crippen LogP contribution in [0.2, 0.25) is 0 Å². The normalized spacial score (nSPS) is 9.81. The number of hydrogen-bond donors (Lipinski definition) is 1. The minimum absolute atomic E-state index is 0.0522. The smallest absolute Gasteiger partial charge is 0.321 e. The van der Waals surface area contributed by atoms with Crippen molar-refractivity contribution in [2.75, 3.05) is 25.5 Å². The highest BCUT2D eigenvalue weighted by Gasteiger charge is 2.12. The fraction of sp³-hybridized carbons (Fsp3) is 0.385. The first-order valence-electron chi connectivity index (χ1n) is 6.36. The van der Waals surface area contributed by atoms with Gasteiger partial charge in [-0.25, -0.2) is 4.79 Å². The van der Waals surface area contributed by atoms with Crippen LogP contribution in [0.1, 0.15) is 13.3 Å². The summed E-state index contributed by atoms with van der Waals surface area (Å²) in [6.45, 7) is 2.23. The number of esters is 1. The van der Waals surface area contributed by atoms with E-state index in [0.717, 1.165) is 0 Å². The monoisotopic (exact) mass is 295 g/mol. The van der Waals surface area contributed by atoms with Crippen molar-refractivity contribution in [1.29, 1.82) is 0 Å². The Balaban J connectivity index is 2.48. The van der Waals surface area contributed by atoms with Gasteiger partial charge in [-0.2, -0.15) is 0 Å². The summed E-state index contributed by atoms with van der Waals surface area (Å²) in [6.07, 6.45) is 0.109. The van der Waals surface area contributed by atoms with Gasteiger partial charge in [0.05, 0.1) is 18.0 Å². The molecule has 0 atom stereocenters. The van der Waals surface area contributed by atoms with E-state index in [4.69, 9.17) is 4.74 Å². The number of nitro benzene ring substituents is 1. The molecule has 0 aromatic heterocycles. The first-order chi connectivity index (χ1) is 9.93. The summed E-state index contributed by atoms with van der Waals surface area (Å²) in [5.74, 6) is -0.368. The second-order valence-corrected chi connectivity index (χ2v) is 4.21. The van der Waals surface area contributed by atoms with E-state index in [9.17, 15) is 19.7 Å². The average Bonchev–Trinajstić information content (AvgIpc) is 2.45. The molecule has 0 aliphatic carbocycles. The summed E-state index contributed by atoms with van der Waals surface area (Å²) in [7, 11) is 1.54. The van der Waals surface area contributed by atoms with Crippen LogP contribution in [-0.2, 0) is 9.53 Å². The van der Waals surface area contributed by atoms with Crippen molar-refractivity contribution >= 4 is 23.4 Å². The number of nitrogens with one attached hydrogen (secondary N) is 1. The van der Waals surface area contributed by atoms with Gasteiger partial charge in [-0.15, -0.1) is 0 Å². The SMILES string of the molecule is CCOC(=O)CCN(C)C(=O)Nc1ccc([N+](=O)[O-])cc1. The lowest BCUT2D eigenvalue weighted by molar-refractivity contribution is -0.384. The Bertz CT molecular complexity index is 515. The van der Waals surface area contributed by atoms with Crippen molar-refractivity contribution in [2.24, 2.45) is 0 Å². The van der Waals surface area contributed by atoms with Crippen molar-refractivity contribution < 1.29 is 19.2 Å². The Morgan fingerprint density at radius 3 is 2.48 bits per heavy atom. The van der Waals surface area contributed by atoms with Crippen LogP contribution in [0, 0.1) is 10.1 Å². The number of amides is 2. The highest BCUT2D eigenvalue weighted by Crippen LogP contribution is 2.15. The molecular formula is C13H17N3O5. The lowest BCUT2D eigenvalue weighted by Crippen LogP contribution is -2.33. The molecule has 0 aliphatic rings. The molecule has 0 fully saturated rings. The molecule has 0 bridgehead atoms. The molecule has 0 radical (unpaired) electrons. The first-order valence-corrected chi connectivity index (χ1v) is 6.36. The molecule has 1 aromatic rings. The van der Waals surface area contributed by atoms with Gasteiger partial charge >= 0.3 is 12.0 Å². The average molecular weight is 295 g/mol. The second-order valence-electron chi connectivity index (χ2n) is 4.21. The minimum Gasteiger partial charge on any atom is -0.466 e. The molecule has 0 saturated heterocycles. The Morgan fingerprint density at radius 1 is 1.33 bits per heavy atom. The van der Waals surface area contributed by atoms with Crippen LogP contribution < -0.4 is 5.32 Å². The summed E-state index contributed by atoms with van der Waals surface area (Å²) in [5.41, 5.74) is 0.386. The van der Waals surface area contributed by atoms with E-state index in [1.54, 1.807) is 14.0 Å². The molecule has 21 heavy (non-hydrogen) atoms. The molecule has 1 N–H and O–H groups in total. The van der Waals surface area contributed by atoms with Gasteiger partial charge in [0.2, 0.25) is 0 Å². The topological polar surface area (TPSA) is 102 Å². The third-order valence-electron chi connectivity index (χ3n) is 2.63. The maximum Gasteiger partial charge on any atom is 0.321 e. The zero-order chi connectivity index (χ0) is 15.8. The number of anilines is 1. The summed E-state index contributed by atoms with van der Waals surface area (Å²) in [6, 6.07) is 5.07. The minimum atomic E-state index is -0.517. The number of ether oxygens (including phenoxy) is 1. The van der Waals surface area contributed by atoms with E-state index in [-0.39, 0.29) is 24.6 Å². The van der Waals surface area contributed by atoms with Gasteiger partial charge < -0.3 is 15.0 Å². The Labute approximate surface area is 121 Å². The van der Waals surface area contributed by atoms with Crippen LogP contribution in [0.5, 0.6) is 0 Å². The number of carbonyl (C=O) groups is 2. The summed E-state index contributed by atoms with van der Waals surface area (Å²) in [5, 5.41) is 13.1. The highest BCUT2D eigenvalue weighted by atomic mass is 16.6. The maximum atomic E-state index is 11.8. The quantitative estimate of drug-likeness (QED) is 0.491. The van der Waals surface area contributed by atoms with Crippen LogP contribution >= 0.6 is 0 Å². The molecule has 0 unspecified atom stereocenters. The van der Waals surface area contributed by atoms with E-state index >= 15 is 0 Å². The Hall–Kier alpha value is -2.64. The van der Waals surface area contributed by atoms with Gasteiger partial charge in [-0.3, -0.25) is 14.9 Å². The van der Waals surface area contributed by atoms with Crippen molar-refractivity contribution in [3.05, 3.63) is 34.4 Å². The Kier molecular flexibility index (Phi) is 6.12. The fourth-order valence-electron chi connectivity index (χ4n) is 1.48. The van der Waals surface area contributed by atoms with Gasteiger partial charge in [0.1, 0.15) is 0 Å². The van der Waals surface area contributed by atoms with Gasteiger partial charge in [-0.1, -0.05) is 0 Å². The molecule has 0 spiro atoms. The summed E-state index contributed by atoms with van der Waals surface area (Å²) < 4.78 is 4.76. The van der Waals surface area contributed by atoms with Crippen molar-refractivity contribution in [3.8, 4) is 0 Å². The number of rotatable bonds is 6. The summed E-state index contributed by atoms with van der Waals surface area (Å²) in [4.78, 5) is 34.3. The largest absolute Gasteiger partial charge is 0.466 e. The van der Waals surface area contributed by atoms with Gasteiger partial charge in [0.25, 0.3) is 5.69 Å². The van der Waals surface area contributed by atoms with Crippen LogP contribution in [0.3, 0.4) is 0 Å². The molecule has 0 saturated carbocycles. The van der Waals surface area contributed by atoms with Crippen LogP contribution in [0.25, 0.3) is 0 Å². The van der Waals surface area contributed by atoms with Gasteiger partial charge in [0.15, 0.2) is 0 Å². The fourth-order valence-corrected chi connectivity index (χ4v) is 1.48. The van der Waals surface area contributed by atoms with Crippen molar-refractivity contribution in [3.63, 3.8) is 0 Å². The lowest BCUT2D eigenvalue weighted by atomic mass is 10.3. The maximum absolute atomic E-state index is 11.8. The number of nitro groups is 1. The molecule has 8 heteroatoms. The number of nitrogens with zero attached hydrogens (tertiary/aromatic N) is 2. The zero-order valence-corrected chi connectivity index (χ0v) is 11.9. The van der Waals surface area contributed by atoms with E-state index < -0.39 is 11.0 Å². The molecule has 0 heterocycles. The molecule has 2 amide bonds. The molecule has 8 nitrogen and oxygen atoms in total. The predicted octanol–water partition coefficient (Wildman–Crippen LogP) is 2.01. The number of benzene rings is 1. The molecule has 0 aliphatic heterocycles. The third-order valence-corrected chi connectivity index (χ3v) is 2.63. The van der Waals surface area contributed by atoms with Gasteiger partial charge in [-0.05, 0) is 19.1 Å².